The Bertz CT molecular complexity index is 691. The van der Waals surface area contributed by atoms with Gasteiger partial charge in [0.1, 0.15) is 19.0 Å². The topological polar surface area (TPSA) is 99.9 Å². The van der Waals surface area contributed by atoms with Gasteiger partial charge < -0.3 is 19.5 Å². The molecule has 138 valence electrons. The van der Waals surface area contributed by atoms with E-state index in [2.05, 4.69) is 5.32 Å². The summed E-state index contributed by atoms with van der Waals surface area (Å²) in [6.45, 7) is 1.50. The summed E-state index contributed by atoms with van der Waals surface area (Å²) in [6.07, 6.45) is -0.500. The number of ether oxygens (including phenoxy) is 3. The number of nitro benzene ring substituents is 1. The highest BCUT2D eigenvalue weighted by Gasteiger charge is 2.04. The molecule has 2 aromatic rings. The number of nitro groups is 1. The van der Waals surface area contributed by atoms with E-state index in [0.717, 1.165) is 5.56 Å². The summed E-state index contributed by atoms with van der Waals surface area (Å²) in [6, 6.07) is 15.2. The van der Waals surface area contributed by atoms with Crippen molar-refractivity contribution in [3.8, 4) is 5.75 Å². The van der Waals surface area contributed by atoms with Crippen LogP contribution >= 0.6 is 0 Å². The van der Waals surface area contributed by atoms with Crippen molar-refractivity contribution in [1.82, 2.24) is 5.32 Å². The van der Waals surface area contributed by atoms with Crippen molar-refractivity contribution in [2.75, 3.05) is 26.4 Å². The van der Waals surface area contributed by atoms with Crippen molar-refractivity contribution in [2.45, 2.75) is 6.61 Å². The largest absolute Gasteiger partial charge is 0.491 e. The van der Waals surface area contributed by atoms with Gasteiger partial charge in [0.2, 0.25) is 0 Å². The summed E-state index contributed by atoms with van der Waals surface area (Å²) in [5.74, 6) is 0.529. The van der Waals surface area contributed by atoms with Crippen LogP contribution in [0.3, 0.4) is 0 Å². The average molecular weight is 360 g/mol. The molecule has 0 saturated carbocycles. The second-order valence-electron chi connectivity index (χ2n) is 5.20. The number of carbonyl (C=O) groups is 1. The molecule has 0 radical (unpaired) electrons. The SMILES string of the molecule is O=C(NCCOCCOc1ccc([N+](=O)[O-])cc1)OCc1ccccc1. The maximum atomic E-state index is 11.5. The third kappa shape index (κ3) is 7.18. The zero-order chi connectivity index (χ0) is 18.6. The molecule has 0 aliphatic heterocycles. The van der Waals surface area contributed by atoms with Gasteiger partial charge in [-0.25, -0.2) is 4.79 Å². The summed E-state index contributed by atoms with van der Waals surface area (Å²) in [5.41, 5.74) is 0.932. The molecule has 0 aromatic heterocycles. The van der Waals surface area contributed by atoms with E-state index in [1.807, 2.05) is 30.3 Å². The second-order valence-corrected chi connectivity index (χ2v) is 5.20. The van der Waals surface area contributed by atoms with Crippen molar-refractivity contribution in [2.24, 2.45) is 0 Å². The Kier molecular flexibility index (Phi) is 7.88. The van der Waals surface area contributed by atoms with Gasteiger partial charge in [0.25, 0.3) is 5.69 Å². The highest BCUT2D eigenvalue weighted by Crippen LogP contribution is 2.16. The fraction of sp³-hybridized carbons (Fsp3) is 0.278. The molecule has 0 spiro atoms. The molecule has 0 saturated heterocycles. The van der Waals surface area contributed by atoms with Crippen LogP contribution in [0, 0.1) is 10.1 Å². The molecule has 1 N–H and O–H groups in total. The molecule has 0 aliphatic rings. The Labute approximate surface area is 150 Å². The lowest BCUT2D eigenvalue weighted by Gasteiger charge is -2.09. The summed E-state index contributed by atoms with van der Waals surface area (Å²) in [5, 5.41) is 13.1. The summed E-state index contributed by atoms with van der Waals surface area (Å²) >= 11 is 0. The molecule has 0 unspecified atom stereocenters. The predicted octanol–water partition coefficient (Wildman–Crippen LogP) is 2.92. The van der Waals surface area contributed by atoms with Gasteiger partial charge in [-0.15, -0.1) is 0 Å². The number of nitrogens with one attached hydrogen (secondary N) is 1. The van der Waals surface area contributed by atoms with Crippen molar-refractivity contribution >= 4 is 11.8 Å². The second kappa shape index (κ2) is 10.7. The number of non-ortho nitro benzene ring substituents is 1. The number of amides is 1. The number of benzene rings is 2. The van der Waals surface area contributed by atoms with E-state index in [1.165, 1.54) is 24.3 Å². The lowest BCUT2D eigenvalue weighted by molar-refractivity contribution is -0.384. The minimum absolute atomic E-state index is 0.0128. The number of hydrogen-bond acceptors (Lipinski definition) is 6. The highest BCUT2D eigenvalue weighted by molar-refractivity contribution is 5.67. The molecule has 8 heteroatoms. The van der Waals surface area contributed by atoms with E-state index < -0.39 is 11.0 Å². The standard InChI is InChI=1S/C18H20N2O6/c21-18(26-14-15-4-2-1-3-5-15)19-10-11-24-12-13-25-17-8-6-16(7-9-17)20(22)23/h1-9H,10-14H2,(H,19,21). The number of rotatable bonds is 10. The Hall–Kier alpha value is -3.13. The van der Waals surface area contributed by atoms with Crippen LogP contribution in [0.2, 0.25) is 0 Å². The molecule has 0 bridgehead atoms. The molecule has 1 amide bonds. The van der Waals surface area contributed by atoms with Crippen LogP contribution in [0.15, 0.2) is 54.6 Å². The van der Waals surface area contributed by atoms with Crippen molar-refractivity contribution in [3.05, 3.63) is 70.3 Å². The van der Waals surface area contributed by atoms with E-state index in [4.69, 9.17) is 14.2 Å². The lowest BCUT2D eigenvalue weighted by atomic mass is 10.2. The van der Waals surface area contributed by atoms with Crippen LogP contribution in [-0.2, 0) is 16.1 Å². The lowest BCUT2D eigenvalue weighted by Crippen LogP contribution is -2.28. The van der Waals surface area contributed by atoms with Gasteiger partial charge in [0, 0.05) is 18.7 Å². The smallest absolute Gasteiger partial charge is 0.407 e. The Morgan fingerprint density at radius 1 is 1.00 bits per heavy atom. The minimum Gasteiger partial charge on any atom is -0.491 e. The first-order valence-corrected chi connectivity index (χ1v) is 8.04. The van der Waals surface area contributed by atoms with Crippen molar-refractivity contribution in [3.63, 3.8) is 0 Å². The third-order valence-corrected chi connectivity index (χ3v) is 3.27. The Balaban J connectivity index is 1.48. The number of carbonyl (C=O) groups excluding carboxylic acids is 1. The van der Waals surface area contributed by atoms with Crippen LogP contribution in [0.25, 0.3) is 0 Å². The van der Waals surface area contributed by atoms with Crippen LogP contribution in [0.1, 0.15) is 5.56 Å². The zero-order valence-electron chi connectivity index (χ0n) is 14.1. The summed E-state index contributed by atoms with van der Waals surface area (Å²) in [4.78, 5) is 21.6. The molecule has 0 aliphatic carbocycles. The average Bonchev–Trinajstić information content (AvgIpc) is 2.67. The van der Waals surface area contributed by atoms with Gasteiger partial charge in [0.05, 0.1) is 18.1 Å². The van der Waals surface area contributed by atoms with Crippen LogP contribution in [0.5, 0.6) is 5.75 Å². The molecular weight excluding hydrogens is 340 g/mol. The predicted molar refractivity (Wildman–Crippen MR) is 94.0 cm³/mol. The maximum Gasteiger partial charge on any atom is 0.407 e. The summed E-state index contributed by atoms with van der Waals surface area (Å²) in [7, 11) is 0. The quantitative estimate of drug-likeness (QED) is 0.397. The molecule has 0 heterocycles. The fourth-order valence-electron chi connectivity index (χ4n) is 1.98. The minimum atomic E-state index is -0.500. The third-order valence-electron chi connectivity index (χ3n) is 3.27. The van der Waals surface area contributed by atoms with E-state index in [-0.39, 0.29) is 12.3 Å². The highest BCUT2D eigenvalue weighted by atomic mass is 16.6. The Morgan fingerprint density at radius 2 is 1.73 bits per heavy atom. The monoisotopic (exact) mass is 360 g/mol. The zero-order valence-corrected chi connectivity index (χ0v) is 14.1. The van der Waals surface area contributed by atoms with E-state index in [9.17, 15) is 14.9 Å². The molecule has 2 aromatic carbocycles. The molecule has 8 nitrogen and oxygen atoms in total. The first kappa shape index (κ1) is 19.2. The number of hydrogen-bond donors (Lipinski definition) is 1. The van der Waals surface area contributed by atoms with Gasteiger partial charge >= 0.3 is 6.09 Å². The van der Waals surface area contributed by atoms with Crippen molar-refractivity contribution in [1.29, 1.82) is 0 Å². The number of alkyl carbamates (subject to hydrolysis) is 1. The maximum absolute atomic E-state index is 11.5. The summed E-state index contributed by atoms with van der Waals surface area (Å²) < 4.78 is 15.8. The molecule has 0 fully saturated rings. The van der Waals surface area contributed by atoms with Crippen molar-refractivity contribution < 1.29 is 23.9 Å². The van der Waals surface area contributed by atoms with Crippen LogP contribution < -0.4 is 10.1 Å². The normalized spacial score (nSPS) is 10.2. The fourth-order valence-corrected chi connectivity index (χ4v) is 1.98. The Morgan fingerprint density at radius 3 is 2.42 bits per heavy atom. The first-order valence-electron chi connectivity index (χ1n) is 8.04. The van der Waals surface area contributed by atoms with E-state index in [1.54, 1.807) is 0 Å². The van der Waals surface area contributed by atoms with E-state index >= 15 is 0 Å². The van der Waals surface area contributed by atoms with Crippen LogP contribution in [0.4, 0.5) is 10.5 Å². The van der Waals surface area contributed by atoms with Gasteiger partial charge in [-0.2, -0.15) is 0 Å². The van der Waals surface area contributed by atoms with Crippen LogP contribution in [-0.4, -0.2) is 37.4 Å². The van der Waals surface area contributed by atoms with Gasteiger partial charge in [-0.05, 0) is 17.7 Å². The first-order chi connectivity index (χ1) is 12.6. The molecule has 2 rings (SSSR count). The van der Waals surface area contributed by atoms with Gasteiger partial charge in [-0.3, -0.25) is 10.1 Å². The molecular formula is C18H20N2O6. The number of nitrogens with zero attached hydrogens (tertiary/aromatic N) is 1. The van der Waals surface area contributed by atoms with E-state index in [0.29, 0.717) is 32.1 Å². The van der Waals surface area contributed by atoms with Gasteiger partial charge in [-0.1, -0.05) is 30.3 Å². The molecule has 26 heavy (non-hydrogen) atoms. The van der Waals surface area contributed by atoms with Gasteiger partial charge in [0.15, 0.2) is 0 Å². The molecule has 0 atom stereocenters.